The first kappa shape index (κ1) is 33.2. The van der Waals surface area contributed by atoms with Crippen LogP contribution in [0.3, 0.4) is 0 Å². The van der Waals surface area contributed by atoms with E-state index in [0.29, 0.717) is 0 Å². The topological polar surface area (TPSA) is 16.4 Å². The average Bonchev–Trinajstić information content (AvgIpc) is 3.74. The summed E-state index contributed by atoms with van der Waals surface area (Å²) in [6.07, 6.45) is 0. The molecule has 0 atom stereocenters. The van der Waals surface area contributed by atoms with Crippen LogP contribution >= 0.6 is 0 Å². The first-order chi connectivity index (χ1) is 28.0. The van der Waals surface area contributed by atoms with Crippen molar-refractivity contribution in [1.82, 2.24) is 0 Å². The van der Waals surface area contributed by atoms with E-state index >= 15 is 0 Å². The molecule has 1 heterocycles. The molecule has 0 bridgehead atoms. The maximum absolute atomic E-state index is 6.80. The number of furan rings is 1. The second-order valence-electron chi connectivity index (χ2n) is 15.7. The predicted octanol–water partition coefficient (Wildman–Crippen LogP) is 15.5. The molecule has 1 aliphatic rings. The van der Waals surface area contributed by atoms with Gasteiger partial charge in [-0.3, -0.25) is 0 Å². The summed E-state index contributed by atoms with van der Waals surface area (Å²) in [6, 6.07) is 72.5. The number of rotatable bonds is 6. The highest BCUT2D eigenvalue weighted by molar-refractivity contribution is 6.18. The summed E-state index contributed by atoms with van der Waals surface area (Å²) in [5.41, 5.74) is 17.4. The van der Waals surface area contributed by atoms with Crippen molar-refractivity contribution in [2.45, 2.75) is 19.3 Å². The van der Waals surface area contributed by atoms with E-state index in [4.69, 9.17) is 4.42 Å². The Morgan fingerprint density at radius 2 is 0.947 bits per heavy atom. The molecule has 0 saturated carbocycles. The van der Waals surface area contributed by atoms with Crippen molar-refractivity contribution in [3.63, 3.8) is 0 Å². The zero-order valence-electron chi connectivity index (χ0n) is 31.9. The van der Waals surface area contributed by atoms with Gasteiger partial charge in [-0.1, -0.05) is 159 Å². The molecule has 0 fully saturated rings. The smallest absolute Gasteiger partial charge is 0.143 e. The van der Waals surface area contributed by atoms with Crippen molar-refractivity contribution in [1.29, 1.82) is 0 Å². The first-order valence-corrected chi connectivity index (χ1v) is 19.8. The van der Waals surface area contributed by atoms with E-state index in [0.717, 1.165) is 61.3 Å². The van der Waals surface area contributed by atoms with Crippen LogP contribution in [0, 0.1) is 0 Å². The maximum atomic E-state index is 6.80. The van der Waals surface area contributed by atoms with Crippen LogP contribution in [0.25, 0.3) is 77.2 Å². The molecule has 0 radical (unpaired) electrons. The van der Waals surface area contributed by atoms with Crippen molar-refractivity contribution >= 4 is 49.8 Å². The molecule has 0 aliphatic heterocycles. The average molecular weight is 730 g/mol. The Balaban J connectivity index is 1.00. The van der Waals surface area contributed by atoms with Gasteiger partial charge in [0.25, 0.3) is 0 Å². The summed E-state index contributed by atoms with van der Waals surface area (Å²) in [5, 5.41) is 4.67. The summed E-state index contributed by atoms with van der Waals surface area (Å²) in [4.78, 5) is 2.39. The fraction of sp³-hybridized carbons (Fsp3) is 0.0545. The fourth-order valence-corrected chi connectivity index (χ4v) is 9.16. The Hall–Kier alpha value is -7.16. The van der Waals surface area contributed by atoms with E-state index in [2.05, 4.69) is 219 Å². The van der Waals surface area contributed by atoms with E-state index in [9.17, 15) is 0 Å². The lowest BCUT2D eigenvalue weighted by molar-refractivity contribution is 0.660. The van der Waals surface area contributed by atoms with Gasteiger partial charge in [0.1, 0.15) is 11.2 Å². The zero-order chi connectivity index (χ0) is 38.1. The molecule has 57 heavy (non-hydrogen) atoms. The molecule has 1 aromatic heterocycles. The molecular weight excluding hydrogens is 691 g/mol. The highest BCUT2D eigenvalue weighted by Gasteiger charge is 2.35. The highest BCUT2D eigenvalue weighted by atomic mass is 16.3. The first-order valence-electron chi connectivity index (χ1n) is 19.8. The number of nitrogens with zero attached hydrogens (tertiary/aromatic N) is 1. The van der Waals surface area contributed by atoms with E-state index < -0.39 is 0 Å². The minimum absolute atomic E-state index is 0.0987. The molecule has 2 heteroatoms. The Kier molecular flexibility index (Phi) is 7.55. The number of hydrogen-bond acceptors (Lipinski definition) is 2. The van der Waals surface area contributed by atoms with Gasteiger partial charge in [-0.25, -0.2) is 0 Å². The molecule has 0 saturated heterocycles. The van der Waals surface area contributed by atoms with Crippen LogP contribution in [0.1, 0.15) is 25.0 Å². The van der Waals surface area contributed by atoms with Crippen LogP contribution < -0.4 is 4.90 Å². The number of hydrogen-bond donors (Lipinski definition) is 0. The number of anilines is 3. The molecule has 11 rings (SSSR count). The van der Waals surface area contributed by atoms with E-state index in [1.807, 2.05) is 0 Å². The third-order valence-electron chi connectivity index (χ3n) is 12.1. The SMILES string of the molecule is CC1(C)c2ccccc2-c2ccc(N(c3ccc(-c4ccccc4)cc3)c3ccc(-c4ccc5c(c4)oc4c(-c6ccccc6)c6ccccc6cc45)cc3)cc21. The molecule has 0 unspecified atom stereocenters. The summed E-state index contributed by atoms with van der Waals surface area (Å²) >= 11 is 0. The highest BCUT2D eigenvalue weighted by Crippen LogP contribution is 2.51. The van der Waals surface area contributed by atoms with Crippen molar-refractivity contribution in [3.8, 4) is 44.5 Å². The molecule has 2 nitrogen and oxygen atoms in total. The van der Waals surface area contributed by atoms with Crippen LogP contribution in [0.2, 0.25) is 0 Å². The van der Waals surface area contributed by atoms with E-state index in [1.165, 1.54) is 44.2 Å². The summed E-state index contributed by atoms with van der Waals surface area (Å²) < 4.78 is 6.80. The van der Waals surface area contributed by atoms with Gasteiger partial charge in [-0.2, -0.15) is 0 Å². The van der Waals surface area contributed by atoms with Crippen molar-refractivity contribution in [3.05, 3.63) is 211 Å². The Morgan fingerprint density at radius 1 is 0.386 bits per heavy atom. The normalized spacial score (nSPS) is 12.9. The molecule has 270 valence electrons. The van der Waals surface area contributed by atoms with Crippen LogP contribution in [-0.2, 0) is 5.41 Å². The Labute approximate surface area is 332 Å². The Bertz CT molecular complexity index is 3120. The molecule has 0 spiro atoms. The summed E-state index contributed by atoms with van der Waals surface area (Å²) in [6.45, 7) is 4.69. The van der Waals surface area contributed by atoms with Gasteiger partial charge in [0, 0.05) is 38.8 Å². The standard InChI is InChI=1S/C55H39NO/c1-55(2)50-20-12-11-19-46(50)47-32-30-44(35-51(47)55)56(42-26-21-37(22-27-42)36-13-5-3-6-14-36)43-28-23-38(24-29-43)40-25-31-48-49-33-41-17-9-10-18-45(41)53(39-15-7-4-8-16-39)54(49)57-52(48)34-40/h3-35H,1-2H3. The lowest BCUT2D eigenvalue weighted by atomic mass is 9.82. The van der Waals surface area contributed by atoms with Gasteiger partial charge in [-0.05, 0) is 115 Å². The second kappa shape index (κ2) is 13.0. The van der Waals surface area contributed by atoms with Gasteiger partial charge in [0.15, 0.2) is 0 Å². The lowest BCUT2D eigenvalue weighted by Gasteiger charge is -2.28. The Morgan fingerprint density at radius 3 is 1.68 bits per heavy atom. The summed E-state index contributed by atoms with van der Waals surface area (Å²) in [5.74, 6) is 0. The molecule has 10 aromatic rings. The van der Waals surface area contributed by atoms with Gasteiger partial charge in [-0.15, -0.1) is 0 Å². The zero-order valence-corrected chi connectivity index (χ0v) is 31.9. The van der Waals surface area contributed by atoms with Crippen molar-refractivity contribution in [2.24, 2.45) is 0 Å². The van der Waals surface area contributed by atoms with Crippen molar-refractivity contribution in [2.75, 3.05) is 4.90 Å². The van der Waals surface area contributed by atoms with Gasteiger partial charge >= 0.3 is 0 Å². The lowest BCUT2D eigenvalue weighted by Crippen LogP contribution is -2.16. The third-order valence-corrected chi connectivity index (χ3v) is 12.1. The number of benzene rings is 9. The molecule has 9 aromatic carbocycles. The maximum Gasteiger partial charge on any atom is 0.143 e. The quantitative estimate of drug-likeness (QED) is 0.169. The molecule has 1 aliphatic carbocycles. The minimum atomic E-state index is -0.0987. The fourth-order valence-electron chi connectivity index (χ4n) is 9.16. The molecule has 0 amide bonds. The molecular formula is C55H39NO. The third kappa shape index (κ3) is 5.40. The summed E-state index contributed by atoms with van der Waals surface area (Å²) in [7, 11) is 0. The second-order valence-corrected chi connectivity index (χ2v) is 15.7. The van der Waals surface area contributed by atoms with Crippen LogP contribution in [-0.4, -0.2) is 0 Å². The van der Waals surface area contributed by atoms with Crippen molar-refractivity contribution < 1.29 is 4.42 Å². The van der Waals surface area contributed by atoms with E-state index in [1.54, 1.807) is 0 Å². The molecule has 0 N–H and O–H groups in total. The van der Waals surface area contributed by atoms with E-state index in [-0.39, 0.29) is 5.41 Å². The minimum Gasteiger partial charge on any atom is -0.455 e. The van der Waals surface area contributed by atoms with Gasteiger partial charge in [0.05, 0.1) is 0 Å². The predicted molar refractivity (Wildman–Crippen MR) is 240 cm³/mol. The van der Waals surface area contributed by atoms with Gasteiger partial charge in [0.2, 0.25) is 0 Å². The van der Waals surface area contributed by atoms with Crippen LogP contribution in [0.5, 0.6) is 0 Å². The van der Waals surface area contributed by atoms with Crippen LogP contribution in [0.4, 0.5) is 17.1 Å². The number of fused-ring (bicyclic) bond motifs is 7. The van der Waals surface area contributed by atoms with Crippen LogP contribution in [0.15, 0.2) is 205 Å². The van der Waals surface area contributed by atoms with Gasteiger partial charge < -0.3 is 9.32 Å². The monoisotopic (exact) mass is 729 g/mol. The largest absolute Gasteiger partial charge is 0.455 e.